The van der Waals surface area contributed by atoms with E-state index >= 15 is 0 Å². The normalized spacial score (nSPS) is 18.7. The Morgan fingerprint density at radius 2 is 1.70 bits per heavy atom. The number of fused-ring (bicyclic) bond motifs is 1. The van der Waals surface area contributed by atoms with Crippen molar-refractivity contribution in [2.24, 2.45) is 5.92 Å². The predicted octanol–water partition coefficient (Wildman–Crippen LogP) is 6.07. The molecule has 2 aliphatic rings. The number of benzene rings is 3. The van der Waals surface area contributed by atoms with Crippen LogP contribution in [0.25, 0.3) is 0 Å². The average Bonchev–Trinajstić information content (AvgIpc) is 3.00. The smallest absolute Gasteiger partial charge is 0.317 e. The van der Waals surface area contributed by atoms with Crippen LogP contribution in [0.1, 0.15) is 61.9 Å². The number of nitrogens with one attached hydrogen (secondary N) is 1. The van der Waals surface area contributed by atoms with Crippen molar-refractivity contribution in [3.05, 3.63) is 87.9 Å². The van der Waals surface area contributed by atoms with Gasteiger partial charge in [-0.15, -0.1) is 0 Å². The number of amides is 3. The van der Waals surface area contributed by atoms with Gasteiger partial charge < -0.3 is 29.7 Å². The van der Waals surface area contributed by atoms with Gasteiger partial charge in [0.15, 0.2) is 11.5 Å². The molecule has 0 saturated carbocycles. The van der Waals surface area contributed by atoms with Crippen LogP contribution in [-0.2, 0) is 16.8 Å². The molecular formula is C34H40ClN3O5. The first-order valence-corrected chi connectivity index (χ1v) is 15.2. The van der Waals surface area contributed by atoms with E-state index in [1.165, 1.54) is 0 Å². The summed E-state index contributed by atoms with van der Waals surface area (Å²) in [4.78, 5) is 29.5. The lowest BCUT2D eigenvalue weighted by molar-refractivity contribution is -0.118. The van der Waals surface area contributed by atoms with Gasteiger partial charge in [-0.25, -0.2) is 4.79 Å². The number of hydrogen-bond donors (Lipinski definition) is 2. The molecule has 0 spiro atoms. The molecule has 0 aliphatic carbocycles. The lowest BCUT2D eigenvalue weighted by Gasteiger charge is -2.40. The number of carbonyl (C=O) groups is 2. The summed E-state index contributed by atoms with van der Waals surface area (Å²) in [7, 11) is 3.23. The van der Waals surface area contributed by atoms with Crippen LogP contribution in [0.2, 0.25) is 5.02 Å². The van der Waals surface area contributed by atoms with E-state index in [1.807, 2.05) is 86.3 Å². The van der Waals surface area contributed by atoms with Crippen molar-refractivity contribution in [1.29, 1.82) is 0 Å². The Kier molecular flexibility index (Phi) is 8.90. The standard InChI is InChI=1S/C34H40ClN3O5/c1-21(2)43-30-20-28-23(18-29(30)42-5)19-31(39)38(32(28)22-6-10-26(35)11-7-22)27-12-8-24(9-13-27)34(3,41)25-14-16-37(17-15-25)33(40)36-4/h6-13,18,20-21,25,32,41H,14-17,19H2,1-5H3,(H,36,40)/t32-,34?/m0/s1. The predicted molar refractivity (Wildman–Crippen MR) is 168 cm³/mol. The fourth-order valence-corrected chi connectivity index (χ4v) is 6.45. The zero-order chi connectivity index (χ0) is 30.9. The molecule has 2 N–H and O–H groups in total. The summed E-state index contributed by atoms with van der Waals surface area (Å²) in [6.07, 6.45) is 1.55. The van der Waals surface area contributed by atoms with Crippen LogP contribution >= 0.6 is 11.6 Å². The van der Waals surface area contributed by atoms with Gasteiger partial charge in [-0.1, -0.05) is 35.9 Å². The summed E-state index contributed by atoms with van der Waals surface area (Å²) in [5.41, 5.74) is 3.18. The number of methoxy groups -OCH3 is 1. The van der Waals surface area contributed by atoms with Crippen LogP contribution in [0, 0.1) is 5.92 Å². The fourth-order valence-electron chi connectivity index (χ4n) is 6.33. The molecule has 2 aliphatic heterocycles. The van der Waals surface area contributed by atoms with Crippen molar-refractivity contribution in [2.45, 2.75) is 57.8 Å². The van der Waals surface area contributed by atoms with Crippen LogP contribution < -0.4 is 19.7 Å². The molecule has 9 heteroatoms. The van der Waals surface area contributed by atoms with E-state index in [9.17, 15) is 14.7 Å². The number of aliphatic hydroxyl groups is 1. The van der Waals surface area contributed by atoms with E-state index in [-0.39, 0.29) is 30.4 Å². The molecule has 0 radical (unpaired) electrons. The largest absolute Gasteiger partial charge is 0.493 e. The monoisotopic (exact) mass is 605 g/mol. The number of urea groups is 1. The van der Waals surface area contributed by atoms with Crippen molar-refractivity contribution in [1.82, 2.24) is 10.2 Å². The van der Waals surface area contributed by atoms with Crippen molar-refractivity contribution in [3.8, 4) is 11.5 Å². The van der Waals surface area contributed by atoms with Gasteiger partial charge in [0.25, 0.3) is 0 Å². The van der Waals surface area contributed by atoms with Crippen molar-refractivity contribution < 1.29 is 24.2 Å². The molecule has 2 heterocycles. The molecule has 2 atom stereocenters. The molecule has 1 unspecified atom stereocenters. The van der Waals surface area contributed by atoms with E-state index in [0.717, 1.165) is 27.9 Å². The number of piperidine rings is 1. The lowest BCUT2D eigenvalue weighted by Crippen LogP contribution is -2.47. The zero-order valence-corrected chi connectivity index (χ0v) is 26.1. The Hall–Kier alpha value is -3.75. The molecule has 5 rings (SSSR count). The number of ether oxygens (including phenoxy) is 2. The second-order valence-corrected chi connectivity index (χ2v) is 12.2. The van der Waals surface area contributed by atoms with Crippen LogP contribution in [-0.4, -0.2) is 55.3 Å². The Labute approximate surface area is 258 Å². The molecule has 43 heavy (non-hydrogen) atoms. The van der Waals surface area contributed by atoms with Crippen LogP contribution in [0.4, 0.5) is 10.5 Å². The molecule has 1 saturated heterocycles. The molecule has 3 aromatic rings. The maximum absolute atomic E-state index is 13.9. The van der Waals surface area contributed by atoms with E-state index in [4.69, 9.17) is 21.1 Å². The number of likely N-dealkylation sites (tertiary alicyclic amines) is 1. The highest BCUT2D eigenvalue weighted by Crippen LogP contribution is 2.44. The SMILES string of the molecule is CNC(=O)N1CCC(C(C)(O)c2ccc(N3C(=O)Cc4cc(OC)c(OC(C)C)cc4[C@@H]3c3ccc(Cl)cc3)cc2)CC1. The highest BCUT2D eigenvalue weighted by molar-refractivity contribution is 6.30. The molecule has 3 amide bonds. The van der Waals surface area contributed by atoms with Gasteiger partial charge in [-0.3, -0.25) is 4.79 Å². The molecule has 228 valence electrons. The van der Waals surface area contributed by atoms with E-state index in [2.05, 4.69) is 5.32 Å². The summed E-state index contributed by atoms with van der Waals surface area (Å²) in [5.74, 6) is 1.17. The van der Waals surface area contributed by atoms with Crippen molar-refractivity contribution >= 4 is 29.2 Å². The first-order chi connectivity index (χ1) is 20.5. The number of hydrogen-bond acceptors (Lipinski definition) is 5. The van der Waals surface area contributed by atoms with Crippen LogP contribution in [0.15, 0.2) is 60.7 Å². The summed E-state index contributed by atoms with van der Waals surface area (Å²) < 4.78 is 11.7. The number of carbonyl (C=O) groups excluding carboxylic acids is 2. The van der Waals surface area contributed by atoms with Crippen LogP contribution in [0.5, 0.6) is 11.5 Å². The van der Waals surface area contributed by atoms with Crippen molar-refractivity contribution in [3.63, 3.8) is 0 Å². The fraction of sp³-hybridized carbons (Fsp3) is 0.412. The highest BCUT2D eigenvalue weighted by Gasteiger charge is 2.39. The quantitative estimate of drug-likeness (QED) is 0.341. The third-order valence-corrected chi connectivity index (χ3v) is 8.91. The minimum Gasteiger partial charge on any atom is -0.493 e. The average molecular weight is 606 g/mol. The van der Waals surface area contributed by atoms with E-state index in [1.54, 1.807) is 19.1 Å². The molecular weight excluding hydrogens is 566 g/mol. The second kappa shape index (κ2) is 12.5. The third kappa shape index (κ3) is 6.17. The number of anilines is 1. The maximum Gasteiger partial charge on any atom is 0.317 e. The van der Waals surface area contributed by atoms with Gasteiger partial charge in [0.1, 0.15) is 0 Å². The molecule has 0 bridgehead atoms. The Morgan fingerprint density at radius 3 is 2.28 bits per heavy atom. The second-order valence-electron chi connectivity index (χ2n) is 11.8. The zero-order valence-electron chi connectivity index (χ0n) is 25.4. The Balaban J connectivity index is 1.50. The van der Waals surface area contributed by atoms with Gasteiger partial charge in [0.2, 0.25) is 5.91 Å². The number of halogens is 1. The molecule has 8 nitrogen and oxygen atoms in total. The highest BCUT2D eigenvalue weighted by atomic mass is 35.5. The summed E-state index contributed by atoms with van der Waals surface area (Å²) in [6, 6.07) is 18.6. The van der Waals surface area contributed by atoms with Gasteiger partial charge in [0, 0.05) is 30.8 Å². The number of nitrogens with zero attached hydrogens (tertiary/aromatic N) is 2. The summed E-state index contributed by atoms with van der Waals surface area (Å²) in [6.45, 7) is 6.96. The third-order valence-electron chi connectivity index (χ3n) is 8.66. The molecule has 0 aromatic heterocycles. The number of rotatable bonds is 7. The van der Waals surface area contributed by atoms with E-state index < -0.39 is 11.6 Å². The van der Waals surface area contributed by atoms with Gasteiger partial charge in [-0.2, -0.15) is 0 Å². The van der Waals surface area contributed by atoms with Gasteiger partial charge in [0.05, 0.1) is 31.3 Å². The minimum absolute atomic E-state index is 0.000994. The minimum atomic E-state index is -1.08. The first kappa shape index (κ1) is 30.7. The van der Waals surface area contributed by atoms with Gasteiger partial charge in [-0.05, 0) is 98.2 Å². The molecule has 1 fully saturated rings. The Bertz CT molecular complexity index is 1460. The molecule has 3 aromatic carbocycles. The van der Waals surface area contributed by atoms with E-state index in [0.29, 0.717) is 42.5 Å². The van der Waals surface area contributed by atoms with Crippen LogP contribution in [0.3, 0.4) is 0 Å². The lowest BCUT2D eigenvalue weighted by atomic mass is 9.77. The first-order valence-electron chi connectivity index (χ1n) is 14.8. The maximum atomic E-state index is 13.9. The Morgan fingerprint density at radius 1 is 1.05 bits per heavy atom. The topological polar surface area (TPSA) is 91.3 Å². The summed E-state index contributed by atoms with van der Waals surface area (Å²) in [5, 5.41) is 14.9. The van der Waals surface area contributed by atoms with Crippen molar-refractivity contribution in [2.75, 3.05) is 32.1 Å². The summed E-state index contributed by atoms with van der Waals surface area (Å²) >= 11 is 6.25. The van der Waals surface area contributed by atoms with Gasteiger partial charge >= 0.3 is 6.03 Å².